The van der Waals surface area contributed by atoms with Crippen molar-refractivity contribution in [2.75, 3.05) is 5.75 Å². The molecule has 0 aromatic heterocycles. The average Bonchev–Trinajstić information content (AvgIpc) is 2.64. The molecule has 0 radical (unpaired) electrons. The molecule has 0 heterocycles. The third-order valence-corrected chi connectivity index (χ3v) is 5.24. The molecule has 5 heteroatoms. The van der Waals surface area contributed by atoms with Crippen molar-refractivity contribution in [3.8, 4) is 0 Å². The van der Waals surface area contributed by atoms with Gasteiger partial charge in [0.25, 0.3) is 0 Å². The summed E-state index contributed by atoms with van der Waals surface area (Å²) < 4.78 is 0. The van der Waals surface area contributed by atoms with Gasteiger partial charge in [0.05, 0.1) is 5.75 Å². The molecule has 1 unspecified atom stereocenters. The standard InChI is InChI=1S/C23H30N2O2S/c1-17-11-13-20(14-12-17)28-16-21(26)25(15-19-9-7-6-8-10-19)18(2)22(27)24-23(3,4)5/h6-14,18H,15-16H2,1-5H3,(H,24,27). The van der Waals surface area contributed by atoms with Crippen molar-refractivity contribution in [2.24, 2.45) is 0 Å². The second-order valence-electron chi connectivity index (χ2n) is 8.02. The molecule has 0 saturated carbocycles. The molecule has 2 amide bonds. The van der Waals surface area contributed by atoms with Gasteiger partial charge in [-0.05, 0) is 52.3 Å². The summed E-state index contributed by atoms with van der Waals surface area (Å²) in [4.78, 5) is 28.4. The van der Waals surface area contributed by atoms with Crippen LogP contribution < -0.4 is 5.32 Å². The molecular formula is C23H30N2O2S. The molecule has 0 aliphatic heterocycles. The quantitative estimate of drug-likeness (QED) is 0.703. The number of thioether (sulfide) groups is 1. The fourth-order valence-electron chi connectivity index (χ4n) is 2.70. The Kier molecular flexibility index (Phi) is 7.69. The van der Waals surface area contributed by atoms with Crippen molar-refractivity contribution >= 4 is 23.6 Å². The van der Waals surface area contributed by atoms with Crippen LogP contribution in [-0.2, 0) is 16.1 Å². The van der Waals surface area contributed by atoms with Crippen molar-refractivity contribution < 1.29 is 9.59 Å². The first kappa shape index (κ1) is 22.0. The number of carbonyl (C=O) groups is 2. The van der Waals surface area contributed by atoms with Gasteiger partial charge in [-0.2, -0.15) is 0 Å². The first-order valence-electron chi connectivity index (χ1n) is 9.50. The van der Waals surface area contributed by atoms with Crippen LogP contribution in [0.4, 0.5) is 0 Å². The summed E-state index contributed by atoms with van der Waals surface area (Å²) in [5.41, 5.74) is 1.85. The highest BCUT2D eigenvalue weighted by Gasteiger charge is 2.28. The zero-order valence-corrected chi connectivity index (χ0v) is 18.2. The van der Waals surface area contributed by atoms with Gasteiger partial charge in [0.2, 0.25) is 11.8 Å². The van der Waals surface area contributed by atoms with E-state index in [0.717, 1.165) is 10.5 Å². The van der Waals surface area contributed by atoms with Crippen molar-refractivity contribution in [3.63, 3.8) is 0 Å². The Labute approximate surface area is 172 Å². The molecule has 2 aromatic rings. The maximum atomic E-state index is 13.0. The fraction of sp³-hybridized carbons (Fsp3) is 0.391. The van der Waals surface area contributed by atoms with Gasteiger partial charge in [-0.25, -0.2) is 0 Å². The molecule has 0 fully saturated rings. The van der Waals surface area contributed by atoms with E-state index in [4.69, 9.17) is 0 Å². The molecule has 0 aliphatic rings. The molecule has 2 rings (SSSR count). The number of carbonyl (C=O) groups excluding carboxylic acids is 2. The number of nitrogens with one attached hydrogen (secondary N) is 1. The molecular weight excluding hydrogens is 368 g/mol. The minimum Gasteiger partial charge on any atom is -0.350 e. The van der Waals surface area contributed by atoms with Crippen LogP contribution in [0.2, 0.25) is 0 Å². The summed E-state index contributed by atoms with van der Waals surface area (Å²) in [5, 5.41) is 2.98. The average molecular weight is 399 g/mol. The summed E-state index contributed by atoms with van der Waals surface area (Å²) in [7, 11) is 0. The molecule has 1 atom stereocenters. The summed E-state index contributed by atoms with van der Waals surface area (Å²) in [5.74, 6) is 0.103. The van der Waals surface area contributed by atoms with Crippen molar-refractivity contribution in [3.05, 3.63) is 65.7 Å². The van der Waals surface area contributed by atoms with Gasteiger partial charge in [0.1, 0.15) is 6.04 Å². The first-order valence-corrected chi connectivity index (χ1v) is 10.5. The van der Waals surface area contributed by atoms with Crippen LogP contribution in [0.25, 0.3) is 0 Å². The highest BCUT2D eigenvalue weighted by molar-refractivity contribution is 8.00. The van der Waals surface area contributed by atoms with E-state index >= 15 is 0 Å². The summed E-state index contributed by atoms with van der Waals surface area (Å²) in [6.07, 6.45) is 0. The highest BCUT2D eigenvalue weighted by Crippen LogP contribution is 2.20. The van der Waals surface area contributed by atoms with E-state index in [1.165, 1.54) is 17.3 Å². The van der Waals surface area contributed by atoms with Crippen LogP contribution >= 0.6 is 11.8 Å². The van der Waals surface area contributed by atoms with Gasteiger partial charge >= 0.3 is 0 Å². The molecule has 0 saturated heterocycles. The summed E-state index contributed by atoms with van der Waals surface area (Å²) in [6, 6.07) is 17.3. The maximum absolute atomic E-state index is 13.0. The van der Waals surface area contributed by atoms with Crippen LogP contribution in [0.3, 0.4) is 0 Å². The van der Waals surface area contributed by atoms with Crippen LogP contribution in [0.15, 0.2) is 59.5 Å². The smallest absolute Gasteiger partial charge is 0.242 e. The van der Waals surface area contributed by atoms with E-state index in [2.05, 4.69) is 5.32 Å². The van der Waals surface area contributed by atoms with Crippen LogP contribution in [-0.4, -0.2) is 34.0 Å². The predicted octanol–water partition coefficient (Wildman–Crippen LogP) is 4.42. The number of amides is 2. The number of hydrogen-bond acceptors (Lipinski definition) is 3. The highest BCUT2D eigenvalue weighted by atomic mass is 32.2. The second-order valence-corrected chi connectivity index (χ2v) is 9.07. The van der Waals surface area contributed by atoms with Gasteiger partial charge in [0, 0.05) is 17.0 Å². The molecule has 0 aliphatic carbocycles. The lowest BCUT2D eigenvalue weighted by molar-refractivity contribution is -0.139. The maximum Gasteiger partial charge on any atom is 0.242 e. The van der Waals surface area contributed by atoms with E-state index in [-0.39, 0.29) is 17.4 Å². The number of nitrogens with zero attached hydrogens (tertiary/aromatic N) is 1. The van der Waals surface area contributed by atoms with E-state index < -0.39 is 6.04 Å². The Bertz CT molecular complexity index is 782. The molecule has 0 bridgehead atoms. The molecule has 4 nitrogen and oxygen atoms in total. The Hall–Kier alpha value is -2.27. The lowest BCUT2D eigenvalue weighted by Crippen LogP contribution is -2.52. The van der Waals surface area contributed by atoms with E-state index in [9.17, 15) is 9.59 Å². The lowest BCUT2D eigenvalue weighted by Gasteiger charge is -2.31. The van der Waals surface area contributed by atoms with Crippen molar-refractivity contribution in [2.45, 2.75) is 57.6 Å². The Morgan fingerprint density at radius 3 is 2.21 bits per heavy atom. The monoisotopic (exact) mass is 398 g/mol. The van der Waals surface area contributed by atoms with Gasteiger partial charge in [-0.1, -0.05) is 48.0 Å². The molecule has 1 N–H and O–H groups in total. The molecule has 150 valence electrons. The molecule has 2 aromatic carbocycles. The van der Waals surface area contributed by atoms with Crippen LogP contribution in [0.1, 0.15) is 38.8 Å². The first-order chi connectivity index (χ1) is 13.2. The summed E-state index contributed by atoms with van der Waals surface area (Å²) in [6.45, 7) is 10.1. The Balaban J connectivity index is 2.12. The fourth-order valence-corrected chi connectivity index (χ4v) is 3.48. The van der Waals surface area contributed by atoms with Gasteiger partial charge in [-0.15, -0.1) is 11.8 Å². The molecule has 0 spiro atoms. The largest absolute Gasteiger partial charge is 0.350 e. The zero-order valence-electron chi connectivity index (χ0n) is 17.4. The number of hydrogen-bond donors (Lipinski definition) is 1. The van der Waals surface area contributed by atoms with Gasteiger partial charge < -0.3 is 10.2 Å². The van der Waals surface area contributed by atoms with E-state index in [1.54, 1.807) is 11.8 Å². The zero-order chi connectivity index (χ0) is 20.7. The number of benzene rings is 2. The SMILES string of the molecule is Cc1ccc(SCC(=O)N(Cc2ccccc2)C(C)C(=O)NC(C)(C)C)cc1. The minimum atomic E-state index is -0.550. The van der Waals surface area contributed by atoms with Crippen LogP contribution in [0.5, 0.6) is 0 Å². The topological polar surface area (TPSA) is 49.4 Å². The third-order valence-electron chi connectivity index (χ3n) is 4.24. The van der Waals surface area contributed by atoms with Crippen molar-refractivity contribution in [1.82, 2.24) is 10.2 Å². The van der Waals surface area contributed by atoms with E-state index in [1.807, 2.05) is 82.3 Å². The summed E-state index contributed by atoms with van der Waals surface area (Å²) >= 11 is 1.50. The Morgan fingerprint density at radius 1 is 1.04 bits per heavy atom. The third kappa shape index (κ3) is 7.04. The van der Waals surface area contributed by atoms with Gasteiger partial charge in [0.15, 0.2) is 0 Å². The van der Waals surface area contributed by atoms with Gasteiger partial charge in [-0.3, -0.25) is 9.59 Å². The second kappa shape index (κ2) is 9.78. The number of rotatable bonds is 7. The lowest BCUT2D eigenvalue weighted by atomic mass is 10.1. The molecule has 28 heavy (non-hydrogen) atoms. The normalized spacial score (nSPS) is 12.3. The number of aryl methyl sites for hydroxylation is 1. The van der Waals surface area contributed by atoms with Crippen LogP contribution in [0, 0.1) is 6.92 Å². The Morgan fingerprint density at radius 2 is 1.64 bits per heavy atom. The predicted molar refractivity (Wildman–Crippen MR) is 116 cm³/mol. The van der Waals surface area contributed by atoms with Crippen molar-refractivity contribution in [1.29, 1.82) is 0 Å². The van der Waals surface area contributed by atoms with E-state index in [0.29, 0.717) is 12.3 Å². The minimum absolute atomic E-state index is 0.0500.